The van der Waals surface area contributed by atoms with Gasteiger partial charge in [-0.05, 0) is 56.0 Å². The minimum Gasteiger partial charge on any atom is -0.488 e. The number of anilines is 1. The molecular formula is C30H29FN4O5. The van der Waals surface area contributed by atoms with Crippen molar-refractivity contribution in [2.75, 3.05) is 18.0 Å². The van der Waals surface area contributed by atoms with Gasteiger partial charge in [0.25, 0.3) is 5.91 Å². The summed E-state index contributed by atoms with van der Waals surface area (Å²) in [5, 5.41) is 3.03. The molecule has 9 nitrogen and oxygen atoms in total. The molecule has 0 bridgehead atoms. The SMILES string of the molecule is O=C1CCC(N2C(=O)c3ccc(OC4CCCC[C@@H]4N4CC(Oc5cccc(F)c5)C4)c4nccc2c34)C(=O)N1. The van der Waals surface area contributed by atoms with Crippen molar-refractivity contribution in [3.8, 4) is 11.5 Å². The Morgan fingerprint density at radius 2 is 1.82 bits per heavy atom. The molecule has 0 spiro atoms. The molecule has 3 aromatic rings. The van der Waals surface area contributed by atoms with E-state index >= 15 is 0 Å². The van der Waals surface area contributed by atoms with Crippen LogP contribution in [-0.4, -0.2) is 65.0 Å². The molecule has 7 rings (SSSR count). The van der Waals surface area contributed by atoms with Crippen molar-refractivity contribution in [1.29, 1.82) is 0 Å². The van der Waals surface area contributed by atoms with Crippen LogP contribution >= 0.6 is 0 Å². The fourth-order valence-electron chi connectivity index (χ4n) is 6.52. The predicted octanol–water partition coefficient (Wildman–Crippen LogP) is 3.59. The monoisotopic (exact) mass is 544 g/mol. The number of rotatable bonds is 6. The lowest BCUT2D eigenvalue weighted by Gasteiger charge is -2.47. The Morgan fingerprint density at radius 3 is 2.65 bits per heavy atom. The molecular weight excluding hydrogens is 515 g/mol. The third kappa shape index (κ3) is 4.27. The van der Waals surface area contributed by atoms with E-state index in [9.17, 15) is 18.8 Å². The summed E-state index contributed by atoms with van der Waals surface area (Å²) < 4.78 is 26.1. The highest BCUT2D eigenvalue weighted by molar-refractivity contribution is 6.27. The Kier molecular flexibility index (Phi) is 6.14. The molecule has 3 amide bonds. The molecule has 10 heteroatoms. The number of likely N-dealkylation sites (tertiary alicyclic amines) is 1. The van der Waals surface area contributed by atoms with Crippen molar-refractivity contribution >= 4 is 34.3 Å². The Hall–Kier alpha value is -4.05. The zero-order valence-corrected chi connectivity index (χ0v) is 21.8. The third-order valence-corrected chi connectivity index (χ3v) is 8.45. The number of imide groups is 1. The Bertz CT molecular complexity index is 1520. The number of nitrogens with one attached hydrogen (secondary N) is 1. The van der Waals surface area contributed by atoms with Crippen LogP contribution in [0, 0.1) is 5.82 Å². The van der Waals surface area contributed by atoms with Crippen LogP contribution in [0.1, 0.15) is 48.9 Å². The van der Waals surface area contributed by atoms with E-state index < -0.39 is 11.9 Å². The van der Waals surface area contributed by atoms with Gasteiger partial charge in [0.2, 0.25) is 11.8 Å². The molecule has 4 heterocycles. The first-order chi connectivity index (χ1) is 19.5. The first-order valence-electron chi connectivity index (χ1n) is 13.9. The summed E-state index contributed by atoms with van der Waals surface area (Å²) in [7, 11) is 0. The second kappa shape index (κ2) is 9.85. The molecule has 3 aliphatic heterocycles. The summed E-state index contributed by atoms with van der Waals surface area (Å²) in [5.74, 6) is -0.204. The van der Waals surface area contributed by atoms with E-state index in [4.69, 9.17) is 9.47 Å². The molecule has 1 aromatic heterocycles. The van der Waals surface area contributed by atoms with Crippen LogP contribution in [0.4, 0.5) is 10.1 Å². The number of nitrogens with zero attached hydrogens (tertiary/aromatic N) is 3. The summed E-state index contributed by atoms with van der Waals surface area (Å²) in [4.78, 5) is 46.2. The van der Waals surface area contributed by atoms with Crippen molar-refractivity contribution in [2.45, 2.75) is 62.8 Å². The maximum Gasteiger partial charge on any atom is 0.259 e. The number of aromatic nitrogens is 1. The van der Waals surface area contributed by atoms with Crippen molar-refractivity contribution in [3.05, 3.63) is 60.0 Å². The number of hydrogen-bond donors (Lipinski definition) is 1. The summed E-state index contributed by atoms with van der Waals surface area (Å²) in [6.07, 6.45) is 6.15. The van der Waals surface area contributed by atoms with Gasteiger partial charge in [-0.2, -0.15) is 0 Å². The Balaban J connectivity index is 1.10. The lowest BCUT2D eigenvalue weighted by Crippen LogP contribution is -2.62. The van der Waals surface area contributed by atoms with E-state index in [1.165, 1.54) is 17.0 Å². The van der Waals surface area contributed by atoms with Crippen LogP contribution in [0.5, 0.6) is 11.5 Å². The second-order valence-electron chi connectivity index (χ2n) is 11.0. The fraction of sp³-hybridized carbons (Fsp3) is 0.400. The molecule has 2 unspecified atom stereocenters. The highest BCUT2D eigenvalue weighted by Gasteiger charge is 2.43. The van der Waals surface area contributed by atoms with Crippen LogP contribution in [0.15, 0.2) is 48.7 Å². The molecule has 206 valence electrons. The van der Waals surface area contributed by atoms with E-state index in [0.717, 1.165) is 38.8 Å². The lowest BCUT2D eigenvalue weighted by molar-refractivity contribution is -0.134. The zero-order valence-electron chi connectivity index (χ0n) is 21.8. The fourth-order valence-corrected chi connectivity index (χ4v) is 6.52. The van der Waals surface area contributed by atoms with Crippen LogP contribution < -0.4 is 19.7 Å². The van der Waals surface area contributed by atoms with Crippen LogP contribution in [0.25, 0.3) is 10.9 Å². The van der Waals surface area contributed by atoms with E-state index in [1.807, 2.05) is 0 Å². The average molecular weight is 545 g/mol. The Labute approximate surface area is 230 Å². The minimum atomic E-state index is -0.746. The first-order valence-corrected chi connectivity index (χ1v) is 13.9. The molecule has 3 fully saturated rings. The van der Waals surface area contributed by atoms with Crippen molar-refractivity contribution in [3.63, 3.8) is 0 Å². The number of hydrogen-bond acceptors (Lipinski definition) is 7. The Morgan fingerprint density at radius 1 is 0.975 bits per heavy atom. The summed E-state index contributed by atoms with van der Waals surface area (Å²) in [5.41, 5.74) is 1.69. The average Bonchev–Trinajstić information content (AvgIpc) is 3.20. The molecule has 1 aliphatic carbocycles. The van der Waals surface area contributed by atoms with Crippen LogP contribution in [0.2, 0.25) is 0 Å². The lowest BCUT2D eigenvalue weighted by atomic mass is 9.89. The van der Waals surface area contributed by atoms with Gasteiger partial charge >= 0.3 is 0 Å². The highest BCUT2D eigenvalue weighted by Crippen LogP contribution is 2.43. The largest absolute Gasteiger partial charge is 0.488 e. The molecule has 1 N–H and O–H groups in total. The summed E-state index contributed by atoms with van der Waals surface area (Å²) in [6.45, 7) is 1.50. The molecule has 0 radical (unpaired) electrons. The zero-order chi connectivity index (χ0) is 27.4. The quantitative estimate of drug-likeness (QED) is 0.474. The van der Waals surface area contributed by atoms with Gasteiger partial charge in [0.1, 0.15) is 41.1 Å². The third-order valence-electron chi connectivity index (χ3n) is 8.45. The summed E-state index contributed by atoms with van der Waals surface area (Å²) >= 11 is 0. The number of carbonyl (C=O) groups excluding carboxylic acids is 3. The molecule has 40 heavy (non-hydrogen) atoms. The normalized spacial score (nSPS) is 25.2. The van der Waals surface area contributed by atoms with Crippen molar-refractivity contribution in [1.82, 2.24) is 15.2 Å². The topological polar surface area (TPSA) is 101 Å². The molecule has 2 saturated heterocycles. The van der Waals surface area contributed by atoms with Crippen LogP contribution in [0.3, 0.4) is 0 Å². The minimum absolute atomic E-state index is 0.00657. The molecule has 1 saturated carbocycles. The van der Waals surface area contributed by atoms with Gasteiger partial charge in [-0.1, -0.05) is 12.5 Å². The number of benzene rings is 2. The smallest absolute Gasteiger partial charge is 0.259 e. The first kappa shape index (κ1) is 25.0. The molecule has 4 aliphatic rings. The number of piperidine rings is 1. The van der Waals surface area contributed by atoms with Gasteiger partial charge < -0.3 is 9.47 Å². The van der Waals surface area contributed by atoms with Crippen LogP contribution in [-0.2, 0) is 9.59 Å². The number of halogens is 1. The van der Waals surface area contributed by atoms with Gasteiger partial charge in [-0.15, -0.1) is 0 Å². The summed E-state index contributed by atoms with van der Waals surface area (Å²) in [6, 6.07) is 11.0. The number of ether oxygens (including phenoxy) is 2. The maximum atomic E-state index is 13.5. The van der Waals surface area contributed by atoms with E-state index in [0.29, 0.717) is 33.7 Å². The van der Waals surface area contributed by atoms with Crippen molar-refractivity contribution < 1.29 is 28.2 Å². The number of carbonyl (C=O) groups is 3. The van der Waals surface area contributed by atoms with E-state index in [2.05, 4.69) is 15.2 Å². The van der Waals surface area contributed by atoms with E-state index in [1.54, 1.807) is 36.5 Å². The van der Waals surface area contributed by atoms with Gasteiger partial charge in [-0.3, -0.25) is 34.5 Å². The highest BCUT2D eigenvalue weighted by atomic mass is 19.1. The number of pyridine rings is 1. The number of amides is 3. The van der Waals surface area contributed by atoms with Gasteiger partial charge in [-0.25, -0.2) is 4.39 Å². The maximum absolute atomic E-state index is 13.5. The molecule has 2 aromatic carbocycles. The predicted molar refractivity (Wildman–Crippen MR) is 144 cm³/mol. The van der Waals surface area contributed by atoms with Gasteiger partial charge in [0.05, 0.1) is 11.3 Å². The van der Waals surface area contributed by atoms with Gasteiger partial charge in [0, 0.05) is 43.2 Å². The van der Waals surface area contributed by atoms with Gasteiger partial charge in [0.15, 0.2) is 0 Å². The van der Waals surface area contributed by atoms with Crippen molar-refractivity contribution in [2.24, 2.45) is 0 Å². The van der Waals surface area contributed by atoms with E-state index in [-0.39, 0.29) is 48.7 Å². The second-order valence-corrected chi connectivity index (χ2v) is 11.0. The standard InChI is InChI=1S/C30H29FN4O5/c31-17-4-3-5-18(14-17)39-19-15-34(16-19)21-6-1-2-7-24(21)40-25-10-8-20-27-22(12-13-32-28(25)27)35(30(20)38)23-9-11-26(36)33-29(23)37/h3-5,8,10,12-14,19,21,23-24H,1-2,6-7,9,11,15-16H2,(H,33,36,37)/t21-,23?,24?/m0/s1. The molecule has 3 atom stereocenters.